The average molecular weight is 586 g/mol. The van der Waals surface area contributed by atoms with E-state index in [1.807, 2.05) is 19.9 Å². The highest BCUT2D eigenvalue weighted by Gasteiger charge is 2.33. The summed E-state index contributed by atoms with van der Waals surface area (Å²) in [4.78, 5) is 28.4. The molecule has 3 aromatic carbocycles. The molecule has 0 saturated heterocycles. The van der Waals surface area contributed by atoms with Gasteiger partial charge in [0, 0.05) is 18.1 Å². The van der Waals surface area contributed by atoms with Crippen LogP contribution in [0.1, 0.15) is 37.0 Å². The summed E-state index contributed by atoms with van der Waals surface area (Å²) >= 11 is 6.27. The van der Waals surface area contributed by atoms with E-state index < -0.39 is 28.5 Å². The van der Waals surface area contributed by atoms with Gasteiger partial charge in [-0.1, -0.05) is 54.4 Å². The number of halogens is 1. The first-order valence-corrected chi connectivity index (χ1v) is 14.9. The van der Waals surface area contributed by atoms with Crippen molar-refractivity contribution in [2.24, 2.45) is 0 Å². The number of sulfonamides is 1. The van der Waals surface area contributed by atoms with E-state index in [0.717, 1.165) is 21.9 Å². The van der Waals surface area contributed by atoms with Crippen LogP contribution in [0.3, 0.4) is 0 Å². The van der Waals surface area contributed by atoms with Crippen LogP contribution in [0.5, 0.6) is 5.75 Å². The van der Waals surface area contributed by atoms with Gasteiger partial charge in [0.05, 0.1) is 17.7 Å². The van der Waals surface area contributed by atoms with Crippen LogP contribution < -0.4 is 14.4 Å². The van der Waals surface area contributed by atoms with Gasteiger partial charge in [0.1, 0.15) is 18.3 Å². The monoisotopic (exact) mass is 585 g/mol. The quantitative estimate of drug-likeness (QED) is 0.319. The second-order valence-corrected chi connectivity index (χ2v) is 11.9. The van der Waals surface area contributed by atoms with Gasteiger partial charge < -0.3 is 15.0 Å². The van der Waals surface area contributed by atoms with Gasteiger partial charge in [-0.25, -0.2) is 8.42 Å². The molecular formula is C30H36ClN3O5S. The highest BCUT2D eigenvalue weighted by molar-refractivity contribution is 7.92. The third-order valence-electron chi connectivity index (χ3n) is 6.53. The summed E-state index contributed by atoms with van der Waals surface area (Å²) in [5.74, 6) is -0.270. The zero-order valence-electron chi connectivity index (χ0n) is 23.5. The number of amides is 2. The van der Waals surface area contributed by atoms with Crippen LogP contribution >= 0.6 is 11.6 Å². The number of hydrogen-bond acceptors (Lipinski definition) is 5. The summed E-state index contributed by atoms with van der Waals surface area (Å²) in [6, 6.07) is 17.6. The molecule has 8 nitrogen and oxygen atoms in total. The Hall–Kier alpha value is -3.56. The smallest absolute Gasteiger partial charge is 0.264 e. The van der Waals surface area contributed by atoms with Crippen LogP contribution in [-0.2, 0) is 26.2 Å². The number of carbonyl (C=O) groups excluding carboxylic acids is 2. The highest BCUT2D eigenvalue weighted by Crippen LogP contribution is 2.30. The molecule has 0 saturated carbocycles. The van der Waals surface area contributed by atoms with Crippen molar-refractivity contribution in [3.63, 3.8) is 0 Å². The summed E-state index contributed by atoms with van der Waals surface area (Å²) in [5, 5.41) is 3.16. The Bertz CT molecular complexity index is 1440. The topological polar surface area (TPSA) is 96.0 Å². The van der Waals surface area contributed by atoms with Crippen molar-refractivity contribution in [2.45, 2.75) is 51.6 Å². The normalized spacial score (nSPS) is 11.9. The van der Waals surface area contributed by atoms with Crippen LogP contribution in [0.15, 0.2) is 71.6 Å². The molecule has 10 heteroatoms. The van der Waals surface area contributed by atoms with Crippen molar-refractivity contribution in [3.8, 4) is 5.75 Å². The van der Waals surface area contributed by atoms with E-state index in [2.05, 4.69) is 5.32 Å². The minimum atomic E-state index is -4.18. The lowest BCUT2D eigenvalue weighted by Crippen LogP contribution is -2.51. The predicted molar refractivity (Wildman–Crippen MR) is 158 cm³/mol. The first-order chi connectivity index (χ1) is 19.0. The van der Waals surface area contributed by atoms with E-state index in [4.69, 9.17) is 16.3 Å². The predicted octanol–water partition coefficient (Wildman–Crippen LogP) is 5.10. The van der Waals surface area contributed by atoms with Crippen molar-refractivity contribution >= 4 is 39.1 Å². The standard InChI is InChI=1S/C30H36ClN3O5S/c1-6-16-32-30(36)23(4)33(19-24-8-7-9-26(17-24)39-5)29(35)20-34(28-18-25(31)13-12-22(28)3)40(37,38)27-14-10-21(2)11-15-27/h7-15,17-18,23H,6,16,19-20H2,1-5H3,(H,32,36). The molecule has 0 spiro atoms. The molecule has 0 bridgehead atoms. The van der Waals surface area contributed by atoms with Gasteiger partial charge in [-0.05, 0) is 74.7 Å². The number of nitrogens with zero attached hydrogens (tertiary/aromatic N) is 2. The van der Waals surface area contributed by atoms with E-state index in [1.54, 1.807) is 63.4 Å². The zero-order valence-corrected chi connectivity index (χ0v) is 25.1. The van der Waals surface area contributed by atoms with Gasteiger partial charge >= 0.3 is 0 Å². The maximum Gasteiger partial charge on any atom is 0.264 e. The molecule has 3 rings (SSSR count). The molecule has 0 fully saturated rings. The molecule has 2 amide bonds. The van der Waals surface area contributed by atoms with Crippen LogP contribution in [0.4, 0.5) is 5.69 Å². The van der Waals surface area contributed by atoms with Crippen molar-refractivity contribution < 1.29 is 22.7 Å². The van der Waals surface area contributed by atoms with Crippen molar-refractivity contribution in [2.75, 3.05) is 24.5 Å². The Morgan fingerprint density at radius 3 is 2.38 bits per heavy atom. The molecule has 0 radical (unpaired) electrons. The molecule has 0 aliphatic heterocycles. The van der Waals surface area contributed by atoms with Gasteiger partial charge in [0.25, 0.3) is 10.0 Å². The number of nitrogens with one attached hydrogen (secondary N) is 1. The number of ether oxygens (including phenoxy) is 1. The number of rotatable bonds is 12. The second-order valence-electron chi connectivity index (χ2n) is 9.60. The molecule has 1 atom stereocenters. The molecular weight excluding hydrogens is 550 g/mol. The summed E-state index contributed by atoms with van der Waals surface area (Å²) in [6.07, 6.45) is 0.735. The van der Waals surface area contributed by atoms with Gasteiger partial charge in [-0.3, -0.25) is 13.9 Å². The van der Waals surface area contributed by atoms with E-state index in [0.29, 0.717) is 22.9 Å². The fourth-order valence-electron chi connectivity index (χ4n) is 4.15. The van der Waals surface area contributed by atoms with E-state index in [9.17, 15) is 18.0 Å². The Kier molecular flexibility index (Phi) is 10.6. The molecule has 1 unspecified atom stereocenters. The number of methoxy groups -OCH3 is 1. The van der Waals surface area contributed by atoms with Gasteiger partial charge in [0.2, 0.25) is 11.8 Å². The molecule has 0 heterocycles. The first-order valence-electron chi connectivity index (χ1n) is 13.0. The minimum absolute atomic E-state index is 0.0401. The van der Waals surface area contributed by atoms with Gasteiger partial charge in [-0.15, -0.1) is 0 Å². The number of aryl methyl sites for hydroxylation is 2. The average Bonchev–Trinajstić information content (AvgIpc) is 2.94. The van der Waals surface area contributed by atoms with Crippen LogP contribution in [0.25, 0.3) is 0 Å². The lowest BCUT2D eigenvalue weighted by atomic mass is 10.1. The zero-order chi connectivity index (χ0) is 29.4. The van der Waals surface area contributed by atoms with E-state index >= 15 is 0 Å². The van der Waals surface area contributed by atoms with E-state index in [1.165, 1.54) is 23.1 Å². The van der Waals surface area contributed by atoms with Gasteiger partial charge in [-0.2, -0.15) is 0 Å². The van der Waals surface area contributed by atoms with Crippen molar-refractivity contribution in [3.05, 3.63) is 88.4 Å². The maximum atomic E-state index is 14.0. The third kappa shape index (κ3) is 7.55. The lowest BCUT2D eigenvalue weighted by molar-refractivity contribution is -0.139. The summed E-state index contributed by atoms with van der Waals surface area (Å²) in [6.45, 7) is 7.18. The molecule has 0 aliphatic rings. The number of anilines is 1. The summed E-state index contributed by atoms with van der Waals surface area (Å²) in [7, 11) is -2.63. The molecule has 3 aromatic rings. The number of carbonyl (C=O) groups is 2. The van der Waals surface area contributed by atoms with Crippen LogP contribution in [0.2, 0.25) is 5.02 Å². The SMILES string of the molecule is CCCNC(=O)C(C)N(Cc1cccc(OC)c1)C(=O)CN(c1cc(Cl)ccc1C)S(=O)(=O)c1ccc(C)cc1. The lowest BCUT2D eigenvalue weighted by Gasteiger charge is -2.32. The molecule has 214 valence electrons. The number of benzene rings is 3. The second kappa shape index (κ2) is 13.7. The fourth-order valence-corrected chi connectivity index (χ4v) is 5.78. The number of hydrogen-bond donors (Lipinski definition) is 1. The molecule has 0 aliphatic carbocycles. The Morgan fingerprint density at radius 2 is 1.73 bits per heavy atom. The van der Waals surface area contributed by atoms with Crippen molar-refractivity contribution in [1.82, 2.24) is 10.2 Å². The molecule has 0 aromatic heterocycles. The summed E-state index contributed by atoms with van der Waals surface area (Å²) in [5.41, 5.74) is 2.54. The summed E-state index contributed by atoms with van der Waals surface area (Å²) < 4.78 is 34.3. The Balaban J connectivity index is 2.07. The molecule has 40 heavy (non-hydrogen) atoms. The largest absolute Gasteiger partial charge is 0.497 e. The molecule has 1 N–H and O–H groups in total. The third-order valence-corrected chi connectivity index (χ3v) is 8.54. The van der Waals surface area contributed by atoms with Crippen molar-refractivity contribution in [1.29, 1.82) is 0 Å². The fraction of sp³-hybridized carbons (Fsp3) is 0.333. The van der Waals surface area contributed by atoms with Crippen LogP contribution in [-0.4, -0.2) is 51.4 Å². The maximum absolute atomic E-state index is 14.0. The van der Waals surface area contributed by atoms with Gasteiger partial charge in [0.15, 0.2) is 0 Å². The Morgan fingerprint density at radius 1 is 1.02 bits per heavy atom. The first kappa shape index (κ1) is 31.0. The minimum Gasteiger partial charge on any atom is -0.497 e. The van der Waals surface area contributed by atoms with Crippen LogP contribution in [0, 0.1) is 13.8 Å². The Labute approximate surface area is 241 Å². The highest BCUT2D eigenvalue weighted by atomic mass is 35.5. The van der Waals surface area contributed by atoms with E-state index in [-0.39, 0.29) is 23.0 Å².